The minimum Gasteiger partial charge on any atom is -0.494 e. The summed E-state index contributed by atoms with van der Waals surface area (Å²) in [6, 6.07) is 4.20. The molecule has 100 valence electrons. The third-order valence-electron chi connectivity index (χ3n) is 2.60. The van der Waals surface area contributed by atoms with E-state index in [2.05, 4.69) is 0 Å². The van der Waals surface area contributed by atoms with Crippen molar-refractivity contribution in [2.75, 3.05) is 7.11 Å². The number of halogens is 1. The molecule has 1 aromatic carbocycles. The maximum absolute atomic E-state index is 13.4. The van der Waals surface area contributed by atoms with Gasteiger partial charge < -0.3 is 9.84 Å². The van der Waals surface area contributed by atoms with Gasteiger partial charge in [0.2, 0.25) is 0 Å². The molecule has 0 amide bonds. The Kier molecular flexibility index (Phi) is 4.45. The number of hydrogen-bond donors (Lipinski definition) is 1. The first-order chi connectivity index (χ1) is 8.28. The zero-order valence-electron chi connectivity index (χ0n) is 10.4. The van der Waals surface area contributed by atoms with Crippen molar-refractivity contribution in [3.05, 3.63) is 29.6 Å². The van der Waals surface area contributed by atoms with Gasteiger partial charge in [-0.1, -0.05) is 6.07 Å². The molecule has 0 saturated carbocycles. The first-order valence-corrected chi connectivity index (χ1v) is 6.55. The fourth-order valence-corrected chi connectivity index (χ4v) is 2.27. The van der Waals surface area contributed by atoms with Gasteiger partial charge in [0.25, 0.3) is 0 Å². The predicted octanol–water partition coefficient (Wildman–Crippen LogP) is 1.95. The number of aliphatic carboxylic acids is 1. The Balaban J connectivity index is 2.89. The molecule has 0 spiro atoms. The van der Waals surface area contributed by atoms with Gasteiger partial charge in [0.05, 0.1) is 7.11 Å². The highest BCUT2D eigenvalue weighted by Gasteiger charge is 2.34. The molecule has 18 heavy (non-hydrogen) atoms. The van der Waals surface area contributed by atoms with Crippen LogP contribution in [0.25, 0.3) is 0 Å². The Morgan fingerprint density at radius 3 is 2.56 bits per heavy atom. The molecular formula is C12H15FO4S. The second kappa shape index (κ2) is 5.48. The van der Waals surface area contributed by atoms with E-state index in [1.165, 1.54) is 33.1 Å². The fourth-order valence-electron chi connectivity index (χ4n) is 1.23. The second-order valence-corrected chi connectivity index (χ2v) is 6.27. The topological polar surface area (TPSA) is 63.6 Å². The Bertz CT molecular complexity index is 485. The van der Waals surface area contributed by atoms with E-state index in [9.17, 15) is 13.4 Å². The number of hydrogen-bond acceptors (Lipinski definition) is 3. The third-order valence-corrected chi connectivity index (χ3v) is 4.51. The molecule has 6 heteroatoms. The zero-order valence-corrected chi connectivity index (χ0v) is 11.2. The third kappa shape index (κ3) is 3.07. The Labute approximate surface area is 107 Å². The van der Waals surface area contributed by atoms with E-state index >= 15 is 0 Å². The highest BCUT2D eigenvalue weighted by molar-refractivity contribution is 7.86. The lowest BCUT2D eigenvalue weighted by Gasteiger charge is -2.18. The molecule has 0 saturated heterocycles. The van der Waals surface area contributed by atoms with Crippen molar-refractivity contribution in [1.82, 2.24) is 0 Å². The molecule has 0 bridgehead atoms. The molecule has 0 heterocycles. The van der Waals surface area contributed by atoms with Crippen LogP contribution >= 0.6 is 0 Å². The van der Waals surface area contributed by atoms with Crippen molar-refractivity contribution in [2.24, 2.45) is 0 Å². The monoisotopic (exact) mass is 274 g/mol. The van der Waals surface area contributed by atoms with Gasteiger partial charge in [0.1, 0.15) is 4.75 Å². The summed E-state index contributed by atoms with van der Waals surface area (Å²) in [6.45, 7) is 2.76. The van der Waals surface area contributed by atoms with E-state index in [0.29, 0.717) is 5.56 Å². The number of rotatable bonds is 5. The number of benzene rings is 1. The summed E-state index contributed by atoms with van der Waals surface area (Å²) in [5.41, 5.74) is 0.473. The number of methoxy groups -OCH3 is 1. The maximum Gasteiger partial charge on any atom is 0.321 e. The van der Waals surface area contributed by atoms with E-state index in [1.54, 1.807) is 6.07 Å². The van der Waals surface area contributed by atoms with Gasteiger partial charge >= 0.3 is 5.97 Å². The van der Waals surface area contributed by atoms with E-state index < -0.39 is 27.3 Å². The average Bonchev–Trinajstić information content (AvgIpc) is 2.28. The summed E-state index contributed by atoms with van der Waals surface area (Å²) in [4.78, 5) is 10.9. The van der Waals surface area contributed by atoms with Gasteiger partial charge in [-0.3, -0.25) is 9.00 Å². The molecular weight excluding hydrogens is 259 g/mol. The summed E-state index contributed by atoms with van der Waals surface area (Å²) in [6.07, 6.45) is 0. The zero-order chi connectivity index (χ0) is 13.9. The van der Waals surface area contributed by atoms with Crippen molar-refractivity contribution in [3.8, 4) is 5.75 Å². The molecule has 0 aliphatic heterocycles. The minimum atomic E-state index is -1.64. The lowest BCUT2D eigenvalue weighted by Crippen LogP contribution is -2.37. The second-order valence-electron chi connectivity index (χ2n) is 4.27. The van der Waals surface area contributed by atoms with Crippen LogP contribution in [0.15, 0.2) is 18.2 Å². The molecule has 1 unspecified atom stereocenters. The molecule has 1 N–H and O–H groups in total. The van der Waals surface area contributed by atoms with Gasteiger partial charge in [-0.15, -0.1) is 0 Å². The fraction of sp³-hybridized carbons (Fsp3) is 0.417. The van der Waals surface area contributed by atoms with Crippen molar-refractivity contribution < 1.29 is 23.2 Å². The lowest BCUT2D eigenvalue weighted by atomic mass is 10.2. The van der Waals surface area contributed by atoms with Crippen LogP contribution in [0.4, 0.5) is 4.39 Å². The van der Waals surface area contributed by atoms with Gasteiger partial charge in [0.15, 0.2) is 11.6 Å². The van der Waals surface area contributed by atoms with E-state index in [0.717, 1.165) is 0 Å². The number of carboxylic acids is 1. The van der Waals surface area contributed by atoms with Crippen LogP contribution in [0.5, 0.6) is 5.75 Å². The summed E-state index contributed by atoms with van der Waals surface area (Å²) in [5, 5.41) is 8.94. The van der Waals surface area contributed by atoms with Crippen LogP contribution in [0, 0.1) is 5.82 Å². The minimum absolute atomic E-state index is 0.0137. The van der Waals surface area contributed by atoms with Crippen molar-refractivity contribution in [2.45, 2.75) is 24.3 Å². The van der Waals surface area contributed by atoms with Crippen molar-refractivity contribution >= 4 is 16.8 Å². The Morgan fingerprint density at radius 2 is 2.11 bits per heavy atom. The first kappa shape index (κ1) is 14.6. The maximum atomic E-state index is 13.4. The molecule has 0 fully saturated rings. The molecule has 0 radical (unpaired) electrons. The highest BCUT2D eigenvalue weighted by Crippen LogP contribution is 2.22. The largest absolute Gasteiger partial charge is 0.494 e. The normalized spacial score (nSPS) is 13.1. The van der Waals surface area contributed by atoms with Gasteiger partial charge in [-0.05, 0) is 31.5 Å². The van der Waals surface area contributed by atoms with E-state index in [1.807, 2.05) is 0 Å². The number of ether oxygens (including phenoxy) is 1. The standard InChI is InChI=1S/C12H15FO4S/c1-12(2,11(14)15)18(16)7-8-4-5-10(17-3)9(13)6-8/h4-6H,7H2,1-3H3,(H,14,15). The number of carbonyl (C=O) groups is 1. The summed E-state index contributed by atoms with van der Waals surface area (Å²) >= 11 is 0. The molecule has 0 aliphatic carbocycles. The predicted molar refractivity (Wildman–Crippen MR) is 66.5 cm³/mol. The van der Waals surface area contributed by atoms with Gasteiger partial charge in [0, 0.05) is 16.6 Å². The van der Waals surface area contributed by atoms with Crippen LogP contribution in [0.2, 0.25) is 0 Å². The summed E-state index contributed by atoms with van der Waals surface area (Å²) in [5.74, 6) is -1.61. The van der Waals surface area contributed by atoms with Crippen LogP contribution in [-0.2, 0) is 21.3 Å². The lowest BCUT2D eigenvalue weighted by molar-refractivity contribution is -0.139. The molecule has 1 aromatic rings. The van der Waals surface area contributed by atoms with Crippen LogP contribution in [0.1, 0.15) is 19.4 Å². The van der Waals surface area contributed by atoms with Crippen LogP contribution < -0.4 is 4.74 Å². The summed E-state index contributed by atoms with van der Waals surface area (Å²) in [7, 11) is -0.284. The van der Waals surface area contributed by atoms with E-state index in [-0.39, 0.29) is 11.5 Å². The first-order valence-electron chi connectivity index (χ1n) is 5.23. The highest BCUT2D eigenvalue weighted by atomic mass is 32.2. The van der Waals surface area contributed by atoms with Gasteiger partial charge in [-0.2, -0.15) is 0 Å². The van der Waals surface area contributed by atoms with Crippen molar-refractivity contribution in [3.63, 3.8) is 0 Å². The van der Waals surface area contributed by atoms with E-state index in [4.69, 9.17) is 9.84 Å². The van der Waals surface area contributed by atoms with Crippen molar-refractivity contribution in [1.29, 1.82) is 0 Å². The SMILES string of the molecule is COc1ccc(CS(=O)C(C)(C)C(=O)O)cc1F. The quantitative estimate of drug-likeness (QED) is 0.891. The Morgan fingerprint density at radius 1 is 1.50 bits per heavy atom. The van der Waals surface area contributed by atoms with Gasteiger partial charge in [-0.25, -0.2) is 4.39 Å². The molecule has 1 rings (SSSR count). The molecule has 0 aromatic heterocycles. The summed E-state index contributed by atoms with van der Waals surface area (Å²) < 4.78 is 28.7. The average molecular weight is 274 g/mol. The molecule has 1 atom stereocenters. The van der Waals surface area contributed by atoms with Crippen LogP contribution in [-0.4, -0.2) is 27.1 Å². The molecule has 4 nitrogen and oxygen atoms in total. The Hall–Kier alpha value is -1.43. The molecule has 0 aliphatic rings. The smallest absolute Gasteiger partial charge is 0.321 e. The number of carboxylic acid groups (broad SMARTS) is 1. The van der Waals surface area contributed by atoms with Crippen LogP contribution in [0.3, 0.4) is 0 Å².